The fourth-order valence-corrected chi connectivity index (χ4v) is 3.17. The number of hydrogen-bond acceptors (Lipinski definition) is 0. The van der Waals surface area contributed by atoms with E-state index in [9.17, 15) is 4.39 Å². The largest absolute Gasteiger partial charge is 0.240 e. The molecule has 2 atom stereocenters. The third-order valence-electron chi connectivity index (χ3n) is 2.57. The van der Waals surface area contributed by atoms with Crippen LogP contribution < -0.4 is 0 Å². The van der Waals surface area contributed by atoms with Gasteiger partial charge in [-0.25, -0.2) is 4.39 Å². The van der Waals surface area contributed by atoms with Crippen molar-refractivity contribution < 1.29 is 4.39 Å². The maximum absolute atomic E-state index is 14.3. The van der Waals surface area contributed by atoms with E-state index in [1.807, 2.05) is 6.07 Å². The molecular weight excluding hydrogens is 340 g/mol. The first-order valence-corrected chi connectivity index (χ1v) is 6.85. The molecule has 1 aromatic rings. The van der Waals surface area contributed by atoms with Crippen LogP contribution in [0, 0.1) is 0 Å². The van der Waals surface area contributed by atoms with Crippen molar-refractivity contribution in [1.82, 2.24) is 0 Å². The van der Waals surface area contributed by atoms with Crippen LogP contribution in [0.2, 0.25) is 0 Å². The van der Waals surface area contributed by atoms with Crippen LogP contribution in [0.1, 0.15) is 5.56 Å². The summed E-state index contributed by atoms with van der Waals surface area (Å²) in [5.41, 5.74) is 0.971. The summed E-state index contributed by atoms with van der Waals surface area (Å²) in [5.74, 6) is 0. The Bertz CT molecular complexity index is 533. The van der Waals surface area contributed by atoms with Crippen LogP contribution in [0.15, 0.2) is 45.4 Å². The van der Waals surface area contributed by atoms with Gasteiger partial charge >= 0.3 is 0 Å². The Labute approximate surface area is 129 Å². The molecule has 0 radical (unpaired) electrons. The van der Waals surface area contributed by atoms with Crippen molar-refractivity contribution in [3.05, 3.63) is 51.0 Å². The van der Waals surface area contributed by atoms with Crippen molar-refractivity contribution in [3.63, 3.8) is 0 Å². The van der Waals surface area contributed by atoms with Crippen molar-refractivity contribution in [2.24, 2.45) is 0 Å². The molecule has 2 rings (SSSR count). The van der Waals surface area contributed by atoms with Crippen molar-refractivity contribution in [3.8, 4) is 0 Å². The summed E-state index contributed by atoms with van der Waals surface area (Å²) < 4.78 is 14.3. The maximum atomic E-state index is 14.3. The van der Waals surface area contributed by atoms with Gasteiger partial charge in [-0.2, -0.15) is 0 Å². The van der Waals surface area contributed by atoms with Crippen LogP contribution in [0.3, 0.4) is 0 Å². The van der Waals surface area contributed by atoms with Crippen LogP contribution in [0.25, 0.3) is 5.57 Å². The fourth-order valence-electron chi connectivity index (χ4n) is 1.66. The molecule has 0 aliphatic heterocycles. The highest BCUT2D eigenvalue weighted by atomic mass is 35.5. The second-order valence-corrected chi connectivity index (χ2v) is 5.83. The molecule has 1 aliphatic carbocycles. The Hall–Kier alpha value is 0.0800. The average molecular weight is 346 g/mol. The number of allylic oxidation sites excluding steroid dienone is 4. The highest BCUT2D eigenvalue weighted by molar-refractivity contribution is 6.55. The zero-order valence-corrected chi connectivity index (χ0v) is 12.5. The third kappa shape index (κ3) is 2.28. The zero-order valence-electron chi connectivity index (χ0n) is 8.73. The minimum atomic E-state index is -2.47. The predicted molar refractivity (Wildman–Crippen MR) is 77.3 cm³/mol. The molecule has 1 aliphatic rings. The number of hydrogen-bond donors (Lipinski definition) is 0. The summed E-state index contributed by atoms with van der Waals surface area (Å²) in [6.45, 7) is 0. The second kappa shape index (κ2) is 5.22. The normalized spacial score (nSPS) is 28.9. The lowest BCUT2D eigenvalue weighted by Crippen LogP contribution is -2.33. The van der Waals surface area contributed by atoms with Gasteiger partial charge in [-0.3, -0.25) is 0 Å². The van der Waals surface area contributed by atoms with E-state index in [1.54, 1.807) is 24.3 Å². The van der Waals surface area contributed by atoms with Crippen LogP contribution in [0.4, 0.5) is 4.39 Å². The molecule has 0 fully saturated rings. The van der Waals surface area contributed by atoms with Gasteiger partial charge in [0.15, 0.2) is 0 Å². The second-order valence-electron chi connectivity index (χ2n) is 3.71. The number of halogens is 6. The van der Waals surface area contributed by atoms with E-state index >= 15 is 0 Å². The highest BCUT2D eigenvalue weighted by Crippen LogP contribution is 2.52. The lowest BCUT2D eigenvalue weighted by atomic mass is 9.95. The molecule has 18 heavy (non-hydrogen) atoms. The van der Waals surface area contributed by atoms with Gasteiger partial charge in [0.2, 0.25) is 5.13 Å². The number of alkyl halides is 3. The van der Waals surface area contributed by atoms with E-state index in [0.29, 0.717) is 11.1 Å². The molecule has 6 heteroatoms. The predicted octanol–water partition coefficient (Wildman–Crippen LogP) is 5.85. The van der Waals surface area contributed by atoms with Gasteiger partial charge in [0.05, 0.1) is 15.1 Å². The SMILES string of the molecule is FC1(Cl)C(Cl)=C(Cl)C(Cl)=C(c2ccccc2)C1Cl. The summed E-state index contributed by atoms with van der Waals surface area (Å²) in [5, 5.41) is -4.09. The van der Waals surface area contributed by atoms with Gasteiger partial charge in [0, 0.05) is 5.57 Å². The minimum Gasteiger partial charge on any atom is -0.218 e. The molecule has 0 aromatic heterocycles. The monoisotopic (exact) mass is 344 g/mol. The van der Waals surface area contributed by atoms with E-state index < -0.39 is 15.5 Å². The molecule has 0 heterocycles. The van der Waals surface area contributed by atoms with Gasteiger partial charge in [-0.05, 0) is 5.56 Å². The molecule has 0 nitrogen and oxygen atoms in total. The van der Waals surface area contributed by atoms with Gasteiger partial charge in [-0.1, -0.05) is 76.7 Å². The number of benzene rings is 1. The third-order valence-corrected chi connectivity index (χ3v) is 5.13. The van der Waals surface area contributed by atoms with Crippen LogP contribution >= 0.6 is 58.0 Å². The molecule has 0 bridgehead atoms. The quantitative estimate of drug-likeness (QED) is 0.559. The Morgan fingerprint density at radius 2 is 1.56 bits per heavy atom. The summed E-state index contributed by atoms with van der Waals surface area (Å²) in [6, 6.07) is 8.85. The molecule has 0 saturated heterocycles. The first-order chi connectivity index (χ1) is 8.37. The van der Waals surface area contributed by atoms with E-state index in [2.05, 4.69) is 0 Å². The zero-order chi connectivity index (χ0) is 13.5. The van der Waals surface area contributed by atoms with Crippen LogP contribution in [-0.2, 0) is 0 Å². The topological polar surface area (TPSA) is 0 Å². The van der Waals surface area contributed by atoms with Crippen LogP contribution in [0.5, 0.6) is 0 Å². The summed E-state index contributed by atoms with van der Waals surface area (Å²) in [6.07, 6.45) is 0. The Balaban J connectivity index is 2.66. The Morgan fingerprint density at radius 1 is 1.00 bits per heavy atom. The minimum absolute atomic E-state index is 0.113. The first-order valence-electron chi connectivity index (χ1n) is 4.90. The van der Waals surface area contributed by atoms with Gasteiger partial charge in [0.25, 0.3) is 0 Å². The molecule has 96 valence electrons. The first kappa shape index (κ1) is 14.5. The summed E-state index contributed by atoms with van der Waals surface area (Å²) in [4.78, 5) is 0. The molecule has 2 unspecified atom stereocenters. The van der Waals surface area contributed by atoms with E-state index in [0.717, 1.165) is 0 Å². The average Bonchev–Trinajstić information content (AvgIpc) is 2.36. The van der Waals surface area contributed by atoms with Crippen LogP contribution in [-0.4, -0.2) is 10.5 Å². The molecule has 0 amide bonds. The maximum Gasteiger partial charge on any atom is 0.240 e. The fraction of sp³-hybridized carbons (Fsp3) is 0.167. The Morgan fingerprint density at radius 3 is 2.11 bits per heavy atom. The highest BCUT2D eigenvalue weighted by Gasteiger charge is 2.48. The van der Waals surface area contributed by atoms with E-state index in [4.69, 9.17) is 58.0 Å². The molecule has 0 saturated carbocycles. The molecule has 0 spiro atoms. The summed E-state index contributed by atoms with van der Waals surface area (Å²) >= 11 is 29.5. The molecule has 1 aromatic carbocycles. The van der Waals surface area contributed by atoms with E-state index in [1.165, 1.54) is 0 Å². The molecule has 0 N–H and O–H groups in total. The molecular formula is C12H6Cl5F. The summed E-state index contributed by atoms with van der Waals surface area (Å²) in [7, 11) is 0. The van der Waals surface area contributed by atoms with Gasteiger partial charge in [0.1, 0.15) is 5.38 Å². The lowest BCUT2D eigenvalue weighted by Gasteiger charge is -2.31. The van der Waals surface area contributed by atoms with Crippen molar-refractivity contribution in [2.75, 3.05) is 0 Å². The number of rotatable bonds is 1. The van der Waals surface area contributed by atoms with E-state index in [-0.39, 0.29) is 10.1 Å². The van der Waals surface area contributed by atoms with Crippen molar-refractivity contribution >= 4 is 63.6 Å². The lowest BCUT2D eigenvalue weighted by molar-refractivity contribution is 0.348. The van der Waals surface area contributed by atoms with Gasteiger partial charge < -0.3 is 0 Å². The Kier molecular flexibility index (Phi) is 4.20. The standard InChI is InChI=1S/C12H6Cl5F/c13-8-7(6-4-2-1-3-5-6)10(15)12(17,18)11(16)9(8)14/h1-5,10H. The van der Waals surface area contributed by atoms with Crippen molar-refractivity contribution in [2.45, 2.75) is 10.5 Å². The van der Waals surface area contributed by atoms with Gasteiger partial charge in [-0.15, -0.1) is 11.6 Å². The smallest absolute Gasteiger partial charge is 0.218 e. The van der Waals surface area contributed by atoms with Crippen molar-refractivity contribution in [1.29, 1.82) is 0 Å².